The number of hydrogen-bond donors (Lipinski definition) is 0. The molecule has 1 fully saturated rings. The molecule has 1 saturated heterocycles. The zero-order chi connectivity index (χ0) is 20.4. The topological polar surface area (TPSA) is 90.2 Å². The second-order valence-electron chi connectivity index (χ2n) is 6.81. The minimum absolute atomic E-state index is 0.137. The predicted molar refractivity (Wildman–Crippen MR) is 103 cm³/mol. The van der Waals surface area contributed by atoms with Gasteiger partial charge in [0, 0.05) is 31.5 Å². The van der Waals surface area contributed by atoms with Crippen LogP contribution in [0.15, 0.2) is 53.7 Å². The Labute approximate surface area is 168 Å². The number of hydrogen-bond acceptors (Lipinski definition) is 6. The molecule has 1 aliphatic rings. The van der Waals surface area contributed by atoms with Gasteiger partial charge in [0.15, 0.2) is 5.82 Å². The molecule has 152 valence electrons. The van der Waals surface area contributed by atoms with Gasteiger partial charge in [-0.2, -0.15) is 9.40 Å². The lowest BCUT2D eigenvalue weighted by molar-refractivity contribution is 0.128. The number of aromatic nitrogens is 4. The van der Waals surface area contributed by atoms with E-state index in [0.717, 1.165) is 0 Å². The zero-order valence-electron chi connectivity index (χ0n) is 15.8. The Balaban J connectivity index is 1.38. The van der Waals surface area contributed by atoms with Gasteiger partial charge >= 0.3 is 0 Å². The fraction of sp³-hybridized carbons (Fsp3) is 0.316. The minimum Gasteiger partial charge on any atom is -0.473 e. The highest BCUT2D eigenvalue weighted by atomic mass is 32.2. The van der Waals surface area contributed by atoms with Gasteiger partial charge in [-0.25, -0.2) is 17.5 Å². The molecule has 0 atom stereocenters. The molecule has 10 heteroatoms. The molecule has 29 heavy (non-hydrogen) atoms. The van der Waals surface area contributed by atoms with Crippen LogP contribution in [0.1, 0.15) is 18.4 Å². The molecule has 0 bridgehead atoms. The summed E-state index contributed by atoms with van der Waals surface area (Å²) < 4.78 is 47.9. The average Bonchev–Trinajstić information content (AvgIpc) is 3.23. The molecule has 1 aliphatic heterocycles. The molecule has 2 aromatic heterocycles. The summed E-state index contributed by atoms with van der Waals surface area (Å²) in [6.07, 6.45) is 4.33. The van der Waals surface area contributed by atoms with Gasteiger partial charge in [0.05, 0.1) is 4.90 Å². The number of nitrogens with zero attached hydrogens (tertiary/aromatic N) is 5. The number of benzene rings is 1. The van der Waals surface area contributed by atoms with Gasteiger partial charge in [-0.3, -0.25) is 0 Å². The number of halogens is 1. The highest BCUT2D eigenvalue weighted by Gasteiger charge is 2.31. The Morgan fingerprint density at radius 1 is 1.14 bits per heavy atom. The fourth-order valence-corrected chi connectivity index (χ4v) is 4.98. The molecule has 3 heterocycles. The molecule has 0 saturated carbocycles. The summed E-state index contributed by atoms with van der Waals surface area (Å²) in [5, 5.41) is 12.2. The van der Waals surface area contributed by atoms with Crippen molar-refractivity contribution in [3.05, 3.63) is 60.2 Å². The summed E-state index contributed by atoms with van der Waals surface area (Å²) in [6.45, 7) is 2.24. The van der Waals surface area contributed by atoms with Crippen molar-refractivity contribution in [2.75, 3.05) is 13.1 Å². The Hall–Kier alpha value is -2.85. The van der Waals surface area contributed by atoms with Crippen LogP contribution in [0.4, 0.5) is 4.39 Å². The van der Waals surface area contributed by atoms with Crippen LogP contribution in [0.3, 0.4) is 0 Å². The maximum Gasteiger partial charge on any atom is 0.243 e. The van der Waals surface area contributed by atoms with E-state index in [1.807, 2.05) is 0 Å². The summed E-state index contributed by atoms with van der Waals surface area (Å²) in [5.74, 6) is 0.516. The fourth-order valence-electron chi connectivity index (χ4n) is 3.30. The van der Waals surface area contributed by atoms with Gasteiger partial charge in [-0.1, -0.05) is 0 Å². The van der Waals surface area contributed by atoms with Crippen molar-refractivity contribution in [3.8, 4) is 11.7 Å². The molecule has 0 radical (unpaired) electrons. The predicted octanol–water partition coefficient (Wildman–Crippen LogP) is 2.34. The quantitative estimate of drug-likeness (QED) is 0.633. The Kier molecular flexibility index (Phi) is 5.29. The Morgan fingerprint density at radius 2 is 1.93 bits per heavy atom. The van der Waals surface area contributed by atoms with Crippen LogP contribution in [0.5, 0.6) is 5.88 Å². The van der Waals surface area contributed by atoms with Crippen LogP contribution in [0.2, 0.25) is 0 Å². The van der Waals surface area contributed by atoms with Gasteiger partial charge in [-0.15, -0.1) is 10.2 Å². The Morgan fingerprint density at radius 3 is 2.55 bits per heavy atom. The molecule has 1 aromatic carbocycles. The van der Waals surface area contributed by atoms with Crippen LogP contribution in [-0.4, -0.2) is 51.9 Å². The summed E-state index contributed by atoms with van der Waals surface area (Å²) in [4.78, 5) is 0.137. The first-order chi connectivity index (χ1) is 13.9. The van der Waals surface area contributed by atoms with Gasteiger partial charge in [0.25, 0.3) is 0 Å². The zero-order valence-corrected chi connectivity index (χ0v) is 16.6. The van der Waals surface area contributed by atoms with E-state index >= 15 is 0 Å². The largest absolute Gasteiger partial charge is 0.473 e. The lowest BCUT2D eigenvalue weighted by atomic mass is 10.1. The second kappa shape index (κ2) is 7.88. The van der Waals surface area contributed by atoms with E-state index in [0.29, 0.717) is 43.2 Å². The van der Waals surface area contributed by atoms with E-state index in [-0.39, 0.29) is 11.0 Å². The van der Waals surface area contributed by atoms with Gasteiger partial charge in [-0.05, 0) is 55.7 Å². The van der Waals surface area contributed by atoms with E-state index in [9.17, 15) is 12.8 Å². The number of aryl methyl sites for hydroxylation is 1. The van der Waals surface area contributed by atoms with Crippen LogP contribution in [0.25, 0.3) is 5.82 Å². The first-order valence-electron chi connectivity index (χ1n) is 9.20. The Bertz CT molecular complexity index is 1080. The molecular formula is C19H20FN5O3S. The molecule has 0 N–H and O–H groups in total. The first kappa shape index (κ1) is 19.5. The van der Waals surface area contributed by atoms with Gasteiger partial charge < -0.3 is 4.74 Å². The highest BCUT2D eigenvalue weighted by molar-refractivity contribution is 7.89. The van der Waals surface area contributed by atoms with Crippen molar-refractivity contribution in [2.45, 2.75) is 30.8 Å². The third kappa shape index (κ3) is 4.13. The molecule has 8 nitrogen and oxygen atoms in total. The number of ether oxygens (including phenoxy) is 1. The smallest absolute Gasteiger partial charge is 0.243 e. The van der Waals surface area contributed by atoms with Gasteiger partial charge in [0.1, 0.15) is 11.9 Å². The summed E-state index contributed by atoms with van der Waals surface area (Å²) in [6, 6.07) is 8.98. The molecule has 4 rings (SSSR count). The third-order valence-corrected chi connectivity index (χ3v) is 6.87. The van der Waals surface area contributed by atoms with Crippen molar-refractivity contribution < 1.29 is 17.5 Å². The maximum atomic E-state index is 13.3. The molecular weight excluding hydrogens is 397 g/mol. The van der Waals surface area contributed by atoms with Crippen LogP contribution in [0, 0.1) is 12.7 Å². The summed E-state index contributed by atoms with van der Waals surface area (Å²) in [7, 11) is -3.66. The van der Waals surface area contributed by atoms with Crippen molar-refractivity contribution in [1.82, 2.24) is 24.3 Å². The monoisotopic (exact) mass is 417 g/mol. The van der Waals surface area contributed by atoms with Crippen molar-refractivity contribution in [3.63, 3.8) is 0 Å². The summed E-state index contributed by atoms with van der Waals surface area (Å²) >= 11 is 0. The molecule has 0 amide bonds. The first-order valence-corrected chi connectivity index (χ1v) is 10.6. The highest BCUT2D eigenvalue weighted by Crippen LogP contribution is 2.25. The normalized spacial score (nSPS) is 16.1. The lowest BCUT2D eigenvalue weighted by Gasteiger charge is -2.31. The van der Waals surface area contributed by atoms with E-state index in [2.05, 4.69) is 15.3 Å². The van der Waals surface area contributed by atoms with Gasteiger partial charge in [0.2, 0.25) is 15.9 Å². The molecule has 0 spiro atoms. The minimum atomic E-state index is -3.66. The summed E-state index contributed by atoms with van der Waals surface area (Å²) in [5.41, 5.74) is 0.399. The van der Waals surface area contributed by atoms with E-state index in [4.69, 9.17) is 4.74 Å². The second-order valence-corrected chi connectivity index (χ2v) is 8.72. The lowest BCUT2D eigenvalue weighted by Crippen LogP contribution is -2.42. The average molecular weight is 417 g/mol. The number of piperidine rings is 1. The number of rotatable bonds is 5. The van der Waals surface area contributed by atoms with Crippen LogP contribution >= 0.6 is 0 Å². The molecule has 0 aliphatic carbocycles. The van der Waals surface area contributed by atoms with E-state index in [1.54, 1.807) is 42.2 Å². The van der Waals surface area contributed by atoms with E-state index in [1.165, 1.54) is 22.5 Å². The van der Waals surface area contributed by atoms with E-state index < -0.39 is 15.8 Å². The molecule has 3 aromatic rings. The standard InChI is InChI=1S/C19H20FN5O3S/c1-14-13-15(20)3-4-17(14)29(26,27)24-11-7-16(8-12-24)28-19-6-5-18(22-23-19)25-10-2-9-21-25/h2-6,9-10,13,16H,7-8,11-12H2,1H3. The molecule has 0 unspecified atom stereocenters. The van der Waals surface area contributed by atoms with Crippen LogP contribution in [-0.2, 0) is 10.0 Å². The maximum absolute atomic E-state index is 13.3. The number of sulfonamides is 1. The SMILES string of the molecule is Cc1cc(F)ccc1S(=O)(=O)N1CCC(Oc2ccc(-n3cccn3)nn2)CC1. The third-order valence-electron chi connectivity index (χ3n) is 4.81. The van der Waals surface area contributed by atoms with Crippen molar-refractivity contribution in [1.29, 1.82) is 0 Å². The van der Waals surface area contributed by atoms with Crippen molar-refractivity contribution in [2.24, 2.45) is 0 Å². The van der Waals surface area contributed by atoms with Crippen LogP contribution < -0.4 is 4.74 Å². The van der Waals surface area contributed by atoms with Crippen molar-refractivity contribution >= 4 is 10.0 Å².